The highest BCUT2D eigenvalue weighted by molar-refractivity contribution is 5.73. The van der Waals surface area contributed by atoms with Crippen LogP contribution in [0.25, 0.3) is 0 Å². The summed E-state index contributed by atoms with van der Waals surface area (Å²) in [4.78, 5) is 18.2. The number of benzene rings is 1. The molecule has 0 bridgehead atoms. The Morgan fingerprint density at radius 3 is 2.75 bits per heavy atom. The number of hydrogen-bond donors (Lipinski definition) is 1. The summed E-state index contributed by atoms with van der Waals surface area (Å²) in [6, 6.07) is 8.57. The molecule has 0 radical (unpaired) electrons. The van der Waals surface area contributed by atoms with E-state index >= 15 is 0 Å². The molecule has 1 aliphatic rings. The second-order valence-corrected chi connectivity index (χ2v) is 6.93. The Morgan fingerprint density at radius 2 is 2.04 bits per heavy atom. The highest BCUT2D eigenvalue weighted by Crippen LogP contribution is 2.28. The van der Waals surface area contributed by atoms with E-state index in [0.717, 1.165) is 19.5 Å². The van der Waals surface area contributed by atoms with Gasteiger partial charge in [-0.2, -0.15) is 4.98 Å². The molecule has 0 saturated carbocycles. The Hall–Kier alpha value is -2.21. The van der Waals surface area contributed by atoms with Crippen LogP contribution in [0.3, 0.4) is 0 Å². The molecule has 0 spiro atoms. The third-order valence-corrected chi connectivity index (χ3v) is 4.55. The Balaban J connectivity index is 1.75. The Bertz CT molecular complexity index is 738. The van der Waals surface area contributed by atoms with Gasteiger partial charge in [-0.25, -0.2) is 0 Å². The van der Waals surface area contributed by atoms with Crippen LogP contribution in [0.4, 0.5) is 0 Å². The van der Waals surface area contributed by atoms with E-state index in [0.29, 0.717) is 11.7 Å². The van der Waals surface area contributed by atoms with Gasteiger partial charge in [0.15, 0.2) is 5.82 Å². The van der Waals surface area contributed by atoms with Gasteiger partial charge in [-0.15, -0.1) is 0 Å². The molecule has 6 heteroatoms. The van der Waals surface area contributed by atoms with Crippen molar-refractivity contribution in [1.82, 2.24) is 20.4 Å². The fourth-order valence-corrected chi connectivity index (χ4v) is 3.16. The largest absolute Gasteiger partial charge is 0.344 e. The number of hydrogen-bond acceptors (Lipinski definition) is 5. The lowest BCUT2D eigenvalue weighted by Crippen LogP contribution is -2.40. The van der Waals surface area contributed by atoms with Gasteiger partial charge in [0.2, 0.25) is 11.8 Å². The molecule has 1 aliphatic heterocycles. The molecule has 3 rings (SSSR count). The standard InChI is InChI=1S/C18H24N4O2/c1-12(22-10-9-14-7-5-6-8-15(14)11-22)16-19-17(21-24-16)18(3,4)20-13(2)23/h5-8,12H,9-11H2,1-4H3,(H,20,23). The van der Waals surface area contributed by atoms with Crippen LogP contribution in [0.2, 0.25) is 0 Å². The molecule has 2 aromatic rings. The van der Waals surface area contributed by atoms with Crippen LogP contribution in [0.5, 0.6) is 0 Å². The number of nitrogens with zero attached hydrogens (tertiary/aromatic N) is 3. The van der Waals surface area contributed by atoms with Crippen LogP contribution in [0.1, 0.15) is 56.6 Å². The third kappa shape index (κ3) is 3.33. The Kier molecular flexibility index (Phi) is 4.41. The molecule has 1 atom stereocenters. The van der Waals surface area contributed by atoms with Crippen LogP contribution in [-0.2, 0) is 23.3 Å². The molecule has 0 fully saturated rings. The van der Waals surface area contributed by atoms with E-state index in [-0.39, 0.29) is 11.9 Å². The summed E-state index contributed by atoms with van der Waals surface area (Å²) >= 11 is 0. The first-order valence-corrected chi connectivity index (χ1v) is 8.30. The number of amides is 1. The zero-order chi connectivity index (χ0) is 17.3. The molecular formula is C18H24N4O2. The van der Waals surface area contributed by atoms with E-state index in [1.165, 1.54) is 18.1 Å². The SMILES string of the molecule is CC(=O)NC(C)(C)c1noc(C(C)N2CCc3ccccc3C2)n1. The maximum absolute atomic E-state index is 11.3. The van der Waals surface area contributed by atoms with Crippen LogP contribution in [0.15, 0.2) is 28.8 Å². The van der Waals surface area contributed by atoms with Crippen molar-refractivity contribution >= 4 is 5.91 Å². The van der Waals surface area contributed by atoms with Crippen molar-refractivity contribution in [1.29, 1.82) is 0 Å². The van der Waals surface area contributed by atoms with Gasteiger partial charge in [0, 0.05) is 20.0 Å². The van der Waals surface area contributed by atoms with Crippen molar-refractivity contribution in [3.8, 4) is 0 Å². The summed E-state index contributed by atoms with van der Waals surface area (Å²) in [5.74, 6) is 0.965. The van der Waals surface area contributed by atoms with Crippen molar-refractivity contribution in [2.45, 2.75) is 52.2 Å². The van der Waals surface area contributed by atoms with Crippen molar-refractivity contribution in [2.75, 3.05) is 6.54 Å². The fraction of sp³-hybridized carbons (Fsp3) is 0.500. The van der Waals surface area contributed by atoms with Crippen molar-refractivity contribution in [3.05, 3.63) is 47.1 Å². The highest BCUT2D eigenvalue weighted by atomic mass is 16.5. The van der Waals surface area contributed by atoms with Crippen LogP contribution in [-0.4, -0.2) is 27.5 Å². The monoisotopic (exact) mass is 328 g/mol. The van der Waals surface area contributed by atoms with Gasteiger partial charge in [0.25, 0.3) is 0 Å². The van der Waals surface area contributed by atoms with Gasteiger partial charge in [-0.1, -0.05) is 29.4 Å². The second-order valence-electron chi connectivity index (χ2n) is 6.93. The first kappa shape index (κ1) is 16.6. The van der Waals surface area contributed by atoms with Gasteiger partial charge < -0.3 is 9.84 Å². The van der Waals surface area contributed by atoms with E-state index in [4.69, 9.17) is 4.52 Å². The number of carbonyl (C=O) groups excluding carboxylic acids is 1. The summed E-state index contributed by atoms with van der Waals surface area (Å²) in [6.45, 7) is 9.14. The van der Waals surface area contributed by atoms with E-state index in [1.54, 1.807) is 0 Å². The Morgan fingerprint density at radius 1 is 1.33 bits per heavy atom. The number of nitrogens with one attached hydrogen (secondary N) is 1. The zero-order valence-corrected chi connectivity index (χ0v) is 14.7. The summed E-state index contributed by atoms with van der Waals surface area (Å²) in [5.41, 5.74) is 2.12. The smallest absolute Gasteiger partial charge is 0.243 e. The molecule has 1 N–H and O–H groups in total. The van der Waals surface area contributed by atoms with E-state index < -0.39 is 5.54 Å². The average molecular weight is 328 g/mol. The highest BCUT2D eigenvalue weighted by Gasteiger charge is 2.31. The lowest BCUT2D eigenvalue weighted by Gasteiger charge is -2.31. The van der Waals surface area contributed by atoms with Gasteiger partial charge >= 0.3 is 0 Å². The molecule has 128 valence electrons. The minimum absolute atomic E-state index is 0.0349. The minimum Gasteiger partial charge on any atom is -0.344 e. The first-order valence-electron chi connectivity index (χ1n) is 8.30. The normalized spacial score (nSPS) is 16.5. The van der Waals surface area contributed by atoms with Crippen LogP contribution >= 0.6 is 0 Å². The number of carbonyl (C=O) groups is 1. The van der Waals surface area contributed by atoms with Gasteiger partial charge in [-0.3, -0.25) is 9.69 Å². The van der Waals surface area contributed by atoms with Crippen molar-refractivity contribution in [3.63, 3.8) is 0 Å². The van der Waals surface area contributed by atoms with Gasteiger partial charge in [0.05, 0.1) is 11.6 Å². The third-order valence-electron chi connectivity index (χ3n) is 4.55. The van der Waals surface area contributed by atoms with Gasteiger partial charge in [-0.05, 0) is 38.3 Å². The maximum Gasteiger partial charge on any atom is 0.243 e. The molecular weight excluding hydrogens is 304 g/mol. The first-order chi connectivity index (χ1) is 11.4. The predicted octanol–water partition coefficient (Wildman–Crippen LogP) is 2.56. The van der Waals surface area contributed by atoms with E-state index in [2.05, 4.69) is 51.5 Å². The second kappa shape index (κ2) is 6.36. The molecule has 1 aromatic carbocycles. The molecule has 24 heavy (non-hydrogen) atoms. The number of fused-ring (bicyclic) bond motifs is 1. The molecule has 6 nitrogen and oxygen atoms in total. The van der Waals surface area contributed by atoms with Crippen LogP contribution < -0.4 is 5.32 Å². The minimum atomic E-state index is -0.651. The van der Waals surface area contributed by atoms with E-state index in [1.807, 2.05) is 13.8 Å². The van der Waals surface area contributed by atoms with Crippen LogP contribution in [0, 0.1) is 0 Å². The predicted molar refractivity (Wildman–Crippen MR) is 90.1 cm³/mol. The lowest BCUT2D eigenvalue weighted by atomic mass is 9.99. The van der Waals surface area contributed by atoms with E-state index in [9.17, 15) is 4.79 Å². The number of aromatic nitrogens is 2. The molecule has 2 heterocycles. The molecule has 0 saturated heterocycles. The fourth-order valence-electron chi connectivity index (χ4n) is 3.16. The van der Waals surface area contributed by atoms with Crippen molar-refractivity contribution < 1.29 is 9.32 Å². The average Bonchev–Trinajstić information content (AvgIpc) is 3.03. The number of rotatable bonds is 4. The summed E-state index contributed by atoms with van der Waals surface area (Å²) < 4.78 is 5.48. The van der Waals surface area contributed by atoms with Gasteiger partial charge in [0.1, 0.15) is 0 Å². The molecule has 1 aromatic heterocycles. The molecule has 1 unspecified atom stereocenters. The maximum atomic E-state index is 11.3. The summed E-state index contributed by atoms with van der Waals surface area (Å²) in [6.07, 6.45) is 1.03. The summed E-state index contributed by atoms with van der Waals surface area (Å²) in [7, 11) is 0. The Labute approximate surface area is 142 Å². The zero-order valence-electron chi connectivity index (χ0n) is 14.7. The lowest BCUT2D eigenvalue weighted by molar-refractivity contribution is -0.120. The summed E-state index contributed by atoms with van der Waals surface area (Å²) in [5, 5.41) is 6.92. The quantitative estimate of drug-likeness (QED) is 0.934. The molecule has 0 aliphatic carbocycles. The topological polar surface area (TPSA) is 71.3 Å². The van der Waals surface area contributed by atoms with Crippen molar-refractivity contribution in [2.24, 2.45) is 0 Å². The molecule has 1 amide bonds.